The first-order chi connectivity index (χ1) is 8.16. The minimum Gasteiger partial charge on any atom is -0.324 e. The van der Waals surface area contributed by atoms with Gasteiger partial charge in [-0.05, 0) is 36.5 Å². The van der Waals surface area contributed by atoms with Crippen LogP contribution in [0.2, 0.25) is 5.02 Å². The Morgan fingerprint density at radius 3 is 2.65 bits per heavy atom. The molecule has 0 bridgehead atoms. The van der Waals surface area contributed by atoms with Crippen molar-refractivity contribution in [3.05, 3.63) is 34.3 Å². The molecule has 1 unspecified atom stereocenters. The molecule has 1 nitrogen and oxygen atoms in total. The molecule has 2 N–H and O–H groups in total. The highest BCUT2D eigenvalue weighted by Crippen LogP contribution is 2.31. The normalized spacial score (nSPS) is 19.2. The van der Waals surface area contributed by atoms with E-state index < -0.39 is 0 Å². The second-order valence-electron chi connectivity index (χ2n) is 5.35. The molecule has 1 aliphatic carbocycles. The van der Waals surface area contributed by atoms with E-state index in [1.807, 2.05) is 13.0 Å². The Morgan fingerprint density at radius 2 is 2.00 bits per heavy atom. The van der Waals surface area contributed by atoms with Crippen LogP contribution < -0.4 is 5.73 Å². The van der Waals surface area contributed by atoms with E-state index in [0.717, 1.165) is 22.9 Å². The Kier molecular flexibility index (Phi) is 4.47. The maximum Gasteiger partial charge on any atom is 0.0435 e. The maximum atomic E-state index is 6.30. The van der Waals surface area contributed by atoms with Gasteiger partial charge in [0.1, 0.15) is 0 Å². The van der Waals surface area contributed by atoms with Crippen molar-refractivity contribution in [3.63, 3.8) is 0 Å². The van der Waals surface area contributed by atoms with Gasteiger partial charge in [0.15, 0.2) is 0 Å². The van der Waals surface area contributed by atoms with E-state index in [2.05, 4.69) is 12.1 Å². The molecule has 94 valence electrons. The maximum absolute atomic E-state index is 6.30. The number of rotatable bonds is 3. The fraction of sp³-hybridized carbons (Fsp3) is 0.600. The van der Waals surface area contributed by atoms with E-state index >= 15 is 0 Å². The summed E-state index contributed by atoms with van der Waals surface area (Å²) in [6.07, 6.45) is 8.03. The van der Waals surface area contributed by atoms with Crippen LogP contribution in [0.4, 0.5) is 0 Å². The van der Waals surface area contributed by atoms with Gasteiger partial charge in [-0.25, -0.2) is 0 Å². The van der Waals surface area contributed by atoms with E-state index in [0.29, 0.717) is 0 Å². The summed E-state index contributed by atoms with van der Waals surface area (Å²) < 4.78 is 0. The summed E-state index contributed by atoms with van der Waals surface area (Å²) >= 11 is 6.04. The lowest BCUT2D eigenvalue weighted by atomic mass is 9.83. The van der Waals surface area contributed by atoms with Gasteiger partial charge >= 0.3 is 0 Å². The molecule has 17 heavy (non-hydrogen) atoms. The van der Waals surface area contributed by atoms with Gasteiger partial charge < -0.3 is 5.73 Å². The molecular formula is C15H22ClN. The van der Waals surface area contributed by atoms with E-state index in [-0.39, 0.29) is 6.04 Å². The first-order valence-corrected chi connectivity index (χ1v) is 7.06. The third-order valence-electron chi connectivity index (χ3n) is 3.92. The van der Waals surface area contributed by atoms with Crippen molar-refractivity contribution in [1.82, 2.24) is 0 Å². The molecule has 0 spiro atoms. The van der Waals surface area contributed by atoms with Gasteiger partial charge in [0, 0.05) is 11.1 Å². The number of aryl methyl sites for hydroxylation is 1. The third-order valence-corrected chi connectivity index (χ3v) is 4.35. The molecule has 0 aromatic heterocycles. The van der Waals surface area contributed by atoms with Crippen molar-refractivity contribution in [1.29, 1.82) is 0 Å². The Balaban J connectivity index is 1.98. The van der Waals surface area contributed by atoms with Gasteiger partial charge in [0.25, 0.3) is 0 Å². The highest BCUT2D eigenvalue weighted by molar-refractivity contribution is 6.31. The van der Waals surface area contributed by atoms with Crippen molar-refractivity contribution in [2.75, 3.05) is 0 Å². The van der Waals surface area contributed by atoms with Gasteiger partial charge in [0.05, 0.1) is 0 Å². The van der Waals surface area contributed by atoms with Gasteiger partial charge in [-0.2, -0.15) is 0 Å². The van der Waals surface area contributed by atoms with Crippen molar-refractivity contribution < 1.29 is 0 Å². The van der Waals surface area contributed by atoms with Crippen LogP contribution in [0.3, 0.4) is 0 Å². The lowest BCUT2D eigenvalue weighted by Gasteiger charge is -2.25. The summed E-state index contributed by atoms with van der Waals surface area (Å²) in [5, 5.41) is 0.832. The van der Waals surface area contributed by atoms with Crippen molar-refractivity contribution in [2.45, 2.75) is 51.5 Å². The summed E-state index contributed by atoms with van der Waals surface area (Å²) in [6.45, 7) is 2.04. The summed E-state index contributed by atoms with van der Waals surface area (Å²) in [4.78, 5) is 0. The fourth-order valence-electron chi connectivity index (χ4n) is 2.82. The highest BCUT2D eigenvalue weighted by atomic mass is 35.5. The van der Waals surface area contributed by atoms with Crippen molar-refractivity contribution >= 4 is 11.6 Å². The second kappa shape index (κ2) is 5.88. The Labute approximate surface area is 109 Å². The SMILES string of the molecule is Cc1cc(C(N)CC2CCCCC2)ccc1Cl. The van der Waals surface area contributed by atoms with E-state index in [1.165, 1.54) is 37.7 Å². The van der Waals surface area contributed by atoms with E-state index in [1.54, 1.807) is 0 Å². The molecule has 0 aliphatic heterocycles. The zero-order valence-electron chi connectivity index (χ0n) is 10.6. The molecule has 1 aromatic rings. The minimum absolute atomic E-state index is 0.175. The average Bonchev–Trinajstić information content (AvgIpc) is 2.34. The van der Waals surface area contributed by atoms with Crippen LogP contribution in [-0.4, -0.2) is 0 Å². The Morgan fingerprint density at radius 1 is 1.29 bits per heavy atom. The molecule has 1 fully saturated rings. The Bertz CT molecular complexity index is 369. The molecule has 1 aliphatic rings. The summed E-state index contributed by atoms with van der Waals surface area (Å²) in [5.74, 6) is 0.828. The molecule has 0 radical (unpaired) electrons. The molecule has 0 amide bonds. The molecule has 1 saturated carbocycles. The predicted octanol–water partition coefficient (Wildman–Crippen LogP) is 4.62. The summed E-state index contributed by atoms with van der Waals surface area (Å²) in [6, 6.07) is 6.35. The van der Waals surface area contributed by atoms with Crippen LogP contribution in [-0.2, 0) is 0 Å². The van der Waals surface area contributed by atoms with E-state index in [4.69, 9.17) is 17.3 Å². The highest BCUT2D eigenvalue weighted by Gasteiger charge is 2.17. The lowest BCUT2D eigenvalue weighted by molar-refractivity contribution is 0.319. The summed E-state index contributed by atoms with van der Waals surface area (Å²) in [7, 11) is 0. The molecular weight excluding hydrogens is 230 g/mol. The molecule has 2 rings (SSSR count). The number of hydrogen-bond donors (Lipinski definition) is 1. The number of benzene rings is 1. The Hall–Kier alpha value is -0.530. The van der Waals surface area contributed by atoms with Gasteiger partial charge in [0.2, 0.25) is 0 Å². The topological polar surface area (TPSA) is 26.0 Å². The van der Waals surface area contributed by atoms with Crippen LogP contribution in [0.5, 0.6) is 0 Å². The third kappa shape index (κ3) is 3.46. The van der Waals surface area contributed by atoms with Crippen molar-refractivity contribution in [3.8, 4) is 0 Å². The molecule has 1 aromatic carbocycles. The number of nitrogens with two attached hydrogens (primary N) is 1. The van der Waals surface area contributed by atoms with Gasteiger partial charge in [-0.3, -0.25) is 0 Å². The largest absolute Gasteiger partial charge is 0.324 e. The zero-order valence-corrected chi connectivity index (χ0v) is 11.3. The predicted molar refractivity (Wildman–Crippen MR) is 74.3 cm³/mol. The second-order valence-corrected chi connectivity index (χ2v) is 5.76. The van der Waals surface area contributed by atoms with Crippen LogP contribution in [0.15, 0.2) is 18.2 Å². The molecule has 2 heteroatoms. The molecule has 0 saturated heterocycles. The zero-order chi connectivity index (χ0) is 12.3. The average molecular weight is 252 g/mol. The van der Waals surface area contributed by atoms with Crippen LogP contribution in [0, 0.1) is 12.8 Å². The summed E-state index contributed by atoms with van der Waals surface area (Å²) in [5.41, 5.74) is 8.66. The monoisotopic (exact) mass is 251 g/mol. The minimum atomic E-state index is 0.175. The van der Waals surface area contributed by atoms with Crippen LogP contribution >= 0.6 is 11.6 Å². The van der Waals surface area contributed by atoms with Gasteiger partial charge in [-0.15, -0.1) is 0 Å². The van der Waals surface area contributed by atoms with Crippen LogP contribution in [0.1, 0.15) is 55.7 Å². The van der Waals surface area contributed by atoms with Crippen LogP contribution in [0.25, 0.3) is 0 Å². The fourth-order valence-corrected chi connectivity index (χ4v) is 2.93. The smallest absolute Gasteiger partial charge is 0.0435 e. The first kappa shape index (κ1) is 12.9. The number of halogens is 1. The molecule has 1 atom stereocenters. The van der Waals surface area contributed by atoms with E-state index in [9.17, 15) is 0 Å². The lowest BCUT2D eigenvalue weighted by Crippen LogP contribution is -2.17. The van der Waals surface area contributed by atoms with Crippen molar-refractivity contribution in [2.24, 2.45) is 11.7 Å². The standard InChI is InChI=1S/C15H22ClN/c1-11-9-13(7-8-14(11)16)15(17)10-12-5-3-2-4-6-12/h7-9,12,15H,2-6,10,17H2,1H3. The number of hydrogen-bond acceptors (Lipinski definition) is 1. The molecule has 0 heterocycles. The quantitative estimate of drug-likeness (QED) is 0.834. The van der Waals surface area contributed by atoms with Gasteiger partial charge in [-0.1, -0.05) is 55.8 Å². The first-order valence-electron chi connectivity index (χ1n) is 6.68.